The van der Waals surface area contributed by atoms with E-state index in [1.165, 1.54) is 12.3 Å². The number of halogens is 4. The van der Waals surface area contributed by atoms with Crippen molar-refractivity contribution in [1.29, 1.82) is 0 Å². The van der Waals surface area contributed by atoms with E-state index in [0.29, 0.717) is 20.7 Å². The minimum Gasteiger partial charge on any atom is -0.319 e. The number of aromatic nitrogens is 1. The Morgan fingerprint density at radius 3 is 2.63 bits per heavy atom. The fourth-order valence-electron chi connectivity index (χ4n) is 1.37. The molecular formula is C12H6BrCl3N2O. The van der Waals surface area contributed by atoms with Gasteiger partial charge in [-0.05, 0) is 40.2 Å². The van der Waals surface area contributed by atoms with E-state index in [-0.39, 0.29) is 16.1 Å². The number of carbonyl (C=O) groups is 1. The molecule has 0 aliphatic carbocycles. The number of anilines is 1. The smallest absolute Gasteiger partial charge is 0.257 e. The van der Waals surface area contributed by atoms with Crippen LogP contribution in [0.4, 0.5) is 5.69 Å². The van der Waals surface area contributed by atoms with E-state index in [1.807, 2.05) is 0 Å². The lowest BCUT2D eigenvalue weighted by Gasteiger charge is -2.08. The summed E-state index contributed by atoms with van der Waals surface area (Å²) in [7, 11) is 0. The van der Waals surface area contributed by atoms with Crippen LogP contribution in [0.1, 0.15) is 10.4 Å². The first kappa shape index (κ1) is 14.6. The van der Waals surface area contributed by atoms with E-state index < -0.39 is 0 Å². The molecule has 3 nitrogen and oxygen atoms in total. The molecule has 1 heterocycles. The molecule has 19 heavy (non-hydrogen) atoms. The van der Waals surface area contributed by atoms with E-state index in [0.717, 1.165) is 0 Å². The van der Waals surface area contributed by atoms with Gasteiger partial charge in [-0.15, -0.1) is 0 Å². The third kappa shape index (κ3) is 3.60. The van der Waals surface area contributed by atoms with Crippen molar-refractivity contribution in [3.63, 3.8) is 0 Å². The molecule has 0 bridgehead atoms. The Balaban J connectivity index is 2.28. The summed E-state index contributed by atoms with van der Waals surface area (Å²) in [5.41, 5.74) is 0.703. The van der Waals surface area contributed by atoms with Crippen LogP contribution >= 0.6 is 50.7 Å². The van der Waals surface area contributed by atoms with E-state index in [1.54, 1.807) is 18.2 Å². The molecule has 1 aromatic carbocycles. The van der Waals surface area contributed by atoms with E-state index in [4.69, 9.17) is 34.8 Å². The predicted octanol–water partition coefficient (Wildman–Crippen LogP) is 5.06. The molecule has 0 radical (unpaired) electrons. The molecule has 0 aliphatic rings. The van der Waals surface area contributed by atoms with Crippen molar-refractivity contribution in [2.75, 3.05) is 5.32 Å². The summed E-state index contributed by atoms with van der Waals surface area (Å²) in [6, 6.07) is 6.28. The molecule has 1 N–H and O–H groups in total. The van der Waals surface area contributed by atoms with E-state index >= 15 is 0 Å². The Labute approximate surface area is 133 Å². The van der Waals surface area contributed by atoms with Gasteiger partial charge in [0.25, 0.3) is 5.91 Å². The maximum Gasteiger partial charge on any atom is 0.257 e. The van der Waals surface area contributed by atoms with Gasteiger partial charge in [0.15, 0.2) is 5.15 Å². The van der Waals surface area contributed by atoms with Crippen molar-refractivity contribution in [2.45, 2.75) is 0 Å². The SMILES string of the molecule is O=C(Nc1cc(Br)cnc1Cl)c1ccc(Cl)cc1Cl. The van der Waals surface area contributed by atoms with Crippen LogP contribution in [0.5, 0.6) is 0 Å². The van der Waals surface area contributed by atoms with Crippen LogP contribution in [-0.4, -0.2) is 10.9 Å². The van der Waals surface area contributed by atoms with Crippen molar-refractivity contribution in [3.8, 4) is 0 Å². The van der Waals surface area contributed by atoms with Gasteiger partial charge in [0.2, 0.25) is 0 Å². The Hall–Kier alpha value is -0.810. The van der Waals surface area contributed by atoms with Crippen molar-refractivity contribution < 1.29 is 4.79 Å². The molecule has 0 spiro atoms. The highest BCUT2D eigenvalue weighted by Crippen LogP contribution is 2.26. The minimum absolute atomic E-state index is 0.196. The molecule has 0 fully saturated rings. The number of hydrogen-bond donors (Lipinski definition) is 1. The molecule has 0 unspecified atom stereocenters. The monoisotopic (exact) mass is 378 g/mol. The van der Waals surface area contributed by atoms with Gasteiger partial charge in [-0.3, -0.25) is 4.79 Å². The maximum absolute atomic E-state index is 12.1. The first-order valence-electron chi connectivity index (χ1n) is 5.05. The standard InChI is InChI=1S/C12H6BrCl3N2O/c13-6-3-10(11(16)17-5-6)18-12(19)8-2-1-7(14)4-9(8)15/h1-5H,(H,18,19). The zero-order valence-corrected chi connectivity index (χ0v) is 13.1. The number of pyridine rings is 1. The molecule has 0 saturated carbocycles. The number of carbonyl (C=O) groups excluding carboxylic acids is 1. The molecule has 1 amide bonds. The van der Waals surface area contributed by atoms with Gasteiger partial charge in [-0.2, -0.15) is 0 Å². The second-order valence-corrected chi connectivity index (χ2v) is 5.69. The van der Waals surface area contributed by atoms with Gasteiger partial charge in [0.1, 0.15) is 0 Å². The van der Waals surface area contributed by atoms with Gasteiger partial charge in [0.05, 0.1) is 16.3 Å². The Kier molecular flexibility index (Phi) is 4.68. The van der Waals surface area contributed by atoms with Crippen molar-refractivity contribution in [3.05, 3.63) is 55.7 Å². The summed E-state index contributed by atoms with van der Waals surface area (Å²) in [5, 5.41) is 3.56. The van der Waals surface area contributed by atoms with E-state index in [2.05, 4.69) is 26.2 Å². The second kappa shape index (κ2) is 6.09. The molecule has 98 valence electrons. The van der Waals surface area contributed by atoms with Gasteiger partial charge < -0.3 is 5.32 Å². The number of benzene rings is 1. The average molecular weight is 380 g/mol. The lowest BCUT2D eigenvalue weighted by Crippen LogP contribution is -2.13. The lowest BCUT2D eigenvalue weighted by molar-refractivity contribution is 0.102. The van der Waals surface area contributed by atoms with Crippen molar-refractivity contribution in [1.82, 2.24) is 4.98 Å². The fourth-order valence-corrected chi connectivity index (χ4v) is 2.35. The number of rotatable bonds is 2. The fraction of sp³-hybridized carbons (Fsp3) is 0. The molecule has 1 aromatic heterocycles. The quantitative estimate of drug-likeness (QED) is 0.740. The highest BCUT2D eigenvalue weighted by Gasteiger charge is 2.13. The summed E-state index contributed by atoms with van der Waals surface area (Å²) in [5.74, 6) is -0.386. The Morgan fingerprint density at radius 2 is 1.95 bits per heavy atom. The third-order valence-corrected chi connectivity index (χ3v) is 3.51. The van der Waals surface area contributed by atoms with Gasteiger partial charge in [-0.1, -0.05) is 34.8 Å². The van der Waals surface area contributed by atoms with Crippen LogP contribution in [0.3, 0.4) is 0 Å². The Morgan fingerprint density at radius 1 is 1.21 bits per heavy atom. The van der Waals surface area contributed by atoms with Crippen LogP contribution < -0.4 is 5.32 Å². The van der Waals surface area contributed by atoms with Gasteiger partial charge in [-0.25, -0.2) is 4.98 Å². The summed E-state index contributed by atoms with van der Waals surface area (Å²) >= 11 is 20.9. The van der Waals surface area contributed by atoms with Gasteiger partial charge >= 0.3 is 0 Å². The molecule has 0 aliphatic heterocycles. The summed E-state index contributed by atoms with van der Waals surface area (Å²) in [4.78, 5) is 16.0. The summed E-state index contributed by atoms with van der Waals surface area (Å²) in [6.45, 7) is 0. The molecule has 0 saturated heterocycles. The van der Waals surface area contributed by atoms with Crippen LogP contribution in [-0.2, 0) is 0 Å². The number of nitrogens with zero attached hydrogens (tertiary/aromatic N) is 1. The summed E-state index contributed by atoms with van der Waals surface area (Å²) < 4.78 is 0.703. The Bertz CT molecular complexity index is 649. The lowest BCUT2D eigenvalue weighted by atomic mass is 10.2. The first-order chi connectivity index (χ1) is 8.97. The topological polar surface area (TPSA) is 42.0 Å². The minimum atomic E-state index is -0.386. The third-order valence-electron chi connectivity index (χ3n) is 2.23. The van der Waals surface area contributed by atoms with Crippen LogP contribution in [0.15, 0.2) is 34.9 Å². The second-order valence-electron chi connectivity index (χ2n) is 3.57. The number of nitrogens with one attached hydrogen (secondary N) is 1. The maximum atomic E-state index is 12.1. The number of amides is 1. The zero-order chi connectivity index (χ0) is 14.0. The highest BCUT2D eigenvalue weighted by molar-refractivity contribution is 9.10. The molecule has 7 heteroatoms. The van der Waals surface area contributed by atoms with Crippen molar-refractivity contribution in [2.24, 2.45) is 0 Å². The normalized spacial score (nSPS) is 10.3. The zero-order valence-electron chi connectivity index (χ0n) is 9.25. The van der Waals surface area contributed by atoms with Crippen LogP contribution in [0, 0.1) is 0 Å². The molecule has 0 atom stereocenters. The summed E-state index contributed by atoms with van der Waals surface area (Å²) in [6.07, 6.45) is 1.53. The van der Waals surface area contributed by atoms with Crippen molar-refractivity contribution >= 4 is 62.3 Å². The largest absolute Gasteiger partial charge is 0.319 e. The number of hydrogen-bond acceptors (Lipinski definition) is 2. The predicted molar refractivity (Wildman–Crippen MR) is 81.4 cm³/mol. The average Bonchev–Trinajstić information content (AvgIpc) is 2.33. The van der Waals surface area contributed by atoms with Gasteiger partial charge in [0, 0.05) is 15.7 Å². The molecule has 2 rings (SSSR count). The van der Waals surface area contributed by atoms with Crippen LogP contribution in [0.25, 0.3) is 0 Å². The molecule has 2 aromatic rings. The van der Waals surface area contributed by atoms with Crippen LogP contribution in [0.2, 0.25) is 15.2 Å². The molecular weight excluding hydrogens is 374 g/mol. The first-order valence-corrected chi connectivity index (χ1v) is 6.97. The van der Waals surface area contributed by atoms with E-state index in [9.17, 15) is 4.79 Å². The highest BCUT2D eigenvalue weighted by atomic mass is 79.9.